The Morgan fingerprint density at radius 1 is 0.967 bits per heavy atom. The molecular weight excluding hydrogens is 403 g/mol. The predicted molar refractivity (Wildman–Crippen MR) is 104 cm³/mol. The second-order valence-electron chi connectivity index (χ2n) is 6.44. The number of hydrogen-bond acceptors (Lipinski definition) is 5. The van der Waals surface area contributed by atoms with Crippen LogP contribution in [-0.2, 0) is 17.8 Å². The lowest BCUT2D eigenvalue weighted by Gasteiger charge is -2.20. The lowest BCUT2D eigenvalue weighted by atomic mass is 10.1. The van der Waals surface area contributed by atoms with Crippen molar-refractivity contribution >= 4 is 5.91 Å². The molecule has 0 aliphatic heterocycles. The van der Waals surface area contributed by atoms with Crippen LogP contribution < -0.4 is 18.9 Å². The molecule has 0 atom stereocenters. The summed E-state index contributed by atoms with van der Waals surface area (Å²) in [5.41, 5.74) is 1.06. The number of halogens is 3. The Kier molecular flexibility index (Phi) is 7.79. The number of hydrogen-bond donors (Lipinski definition) is 0. The molecule has 0 aliphatic carbocycles. The monoisotopic (exact) mass is 427 g/mol. The number of carbonyl (C=O) groups excluding carboxylic acids is 1. The number of amides is 1. The van der Waals surface area contributed by atoms with E-state index in [1.165, 1.54) is 51.5 Å². The number of benzene rings is 2. The molecule has 0 aromatic heterocycles. The first-order valence-corrected chi connectivity index (χ1v) is 9.05. The van der Waals surface area contributed by atoms with Crippen molar-refractivity contribution in [2.45, 2.75) is 25.7 Å². The maximum atomic E-state index is 12.6. The van der Waals surface area contributed by atoms with Crippen LogP contribution in [0, 0.1) is 0 Å². The molecule has 0 spiro atoms. The zero-order valence-electron chi connectivity index (χ0n) is 17.2. The highest BCUT2D eigenvalue weighted by Gasteiger charge is 2.32. The van der Waals surface area contributed by atoms with Gasteiger partial charge in [-0.25, -0.2) is 0 Å². The summed E-state index contributed by atoms with van der Waals surface area (Å²) in [6, 6.07) is 9.24. The van der Waals surface area contributed by atoms with Gasteiger partial charge in [-0.1, -0.05) is 18.2 Å². The van der Waals surface area contributed by atoms with E-state index in [9.17, 15) is 18.0 Å². The van der Waals surface area contributed by atoms with Crippen molar-refractivity contribution in [2.75, 3.05) is 28.4 Å². The third-order valence-electron chi connectivity index (χ3n) is 4.38. The quantitative estimate of drug-likeness (QED) is 0.600. The predicted octanol–water partition coefficient (Wildman–Crippen LogP) is 4.20. The number of methoxy groups -OCH3 is 3. The minimum absolute atomic E-state index is 0.0136. The Morgan fingerprint density at radius 3 is 2.10 bits per heavy atom. The van der Waals surface area contributed by atoms with Crippen LogP contribution in [0.5, 0.6) is 23.0 Å². The fraction of sp³-hybridized carbons (Fsp3) is 0.381. The molecule has 1 amide bonds. The summed E-state index contributed by atoms with van der Waals surface area (Å²) in [6.07, 6.45) is -4.26. The van der Waals surface area contributed by atoms with Gasteiger partial charge in [-0.05, 0) is 30.2 Å². The van der Waals surface area contributed by atoms with E-state index < -0.39 is 6.36 Å². The second-order valence-corrected chi connectivity index (χ2v) is 6.44. The van der Waals surface area contributed by atoms with Gasteiger partial charge in [0.05, 0.1) is 21.3 Å². The van der Waals surface area contributed by atoms with Gasteiger partial charge in [0.2, 0.25) is 11.7 Å². The average molecular weight is 427 g/mol. The van der Waals surface area contributed by atoms with Crippen LogP contribution in [0.1, 0.15) is 17.5 Å². The third-order valence-corrected chi connectivity index (χ3v) is 4.38. The highest BCUT2D eigenvalue weighted by molar-refractivity contribution is 5.76. The molecule has 0 fully saturated rings. The minimum atomic E-state index is -4.80. The van der Waals surface area contributed by atoms with Crippen molar-refractivity contribution in [1.29, 1.82) is 0 Å². The Bertz CT molecular complexity index is 845. The Morgan fingerprint density at radius 2 is 1.57 bits per heavy atom. The zero-order chi connectivity index (χ0) is 22.3. The average Bonchev–Trinajstić information content (AvgIpc) is 2.71. The highest BCUT2D eigenvalue weighted by atomic mass is 19.4. The van der Waals surface area contributed by atoms with Gasteiger partial charge in [-0.15, -0.1) is 13.2 Å². The number of para-hydroxylation sites is 1. The van der Waals surface area contributed by atoms with Crippen LogP contribution in [0.4, 0.5) is 13.2 Å². The van der Waals surface area contributed by atoms with Crippen molar-refractivity contribution in [3.8, 4) is 23.0 Å². The fourth-order valence-corrected chi connectivity index (χ4v) is 2.92. The SMILES string of the molecule is COc1cc(CCC(=O)N(C)Cc2ccccc2OC(F)(F)F)cc(OC)c1OC. The van der Waals surface area contributed by atoms with Crippen LogP contribution in [0.15, 0.2) is 36.4 Å². The van der Waals surface area contributed by atoms with E-state index in [0.717, 1.165) is 5.56 Å². The summed E-state index contributed by atoms with van der Waals surface area (Å²) < 4.78 is 57.6. The van der Waals surface area contributed by atoms with Crippen LogP contribution in [0.3, 0.4) is 0 Å². The molecule has 0 radical (unpaired) electrons. The van der Waals surface area contributed by atoms with Gasteiger partial charge in [0, 0.05) is 25.6 Å². The van der Waals surface area contributed by atoms with Gasteiger partial charge in [0.25, 0.3) is 0 Å². The molecule has 0 saturated carbocycles. The van der Waals surface area contributed by atoms with Gasteiger partial charge in [0.15, 0.2) is 11.5 Å². The molecule has 0 N–H and O–H groups in total. The number of alkyl halides is 3. The van der Waals surface area contributed by atoms with Gasteiger partial charge < -0.3 is 23.8 Å². The Balaban J connectivity index is 2.06. The van der Waals surface area contributed by atoms with Crippen LogP contribution >= 0.6 is 0 Å². The molecule has 2 rings (SSSR count). The number of ether oxygens (including phenoxy) is 4. The molecule has 0 heterocycles. The topological polar surface area (TPSA) is 57.2 Å². The largest absolute Gasteiger partial charge is 0.573 e. The Labute approximate surface area is 173 Å². The number of carbonyl (C=O) groups is 1. The highest BCUT2D eigenvalue weighted by Crippen LogP contribution is 2.38. The molecule has 0 bridgehead atoms. The van der Waals surface area contributed by atoms with Gasteiger partial charge in [-0.3, -0.25) is 4.79 Å². The fourth-order valence-electron chi connectivity index (χ4n) is 2.92. The van der Waals surface area contributed by atoms with Crippen LogP contribution in [0.25, 0.3) is 0 Å². The van der Waals surface area contributed by atoms with Crippen molar-refractivity contribution in [3.63, 3.8) is 0 Å². The molecule has 0 saturated heterocycles. The van der Waals surface area contributed by atoms with E-state index in [2.05, 4.69) is 4.74 Å². The maximum Gasteiger partial charge on any atom is 0.573 e. The number of nitrogens with zero attached hydrogens (tertiary/aromatic N) is 1. The van der Waals surface area contributed by atoms with E-state index in [4.69, 9.17) is 14.2 Å². The van der Waals surface area contributed by atoms with Crippen LogP contribution in [-0.4, -0.2) is 45.5 Å². The van der Waals surface area contributed by atoms with Crippen molar-refractivity contribution in [1.82, 2.24) is 4.90 Å². The van der Waals surface area contributed by atoms with Crippen LogP contribution in [0.2, 0.25) is 0 Å². The molecular formula is C21H24F3NO5. The van der Waals surface area contributed by atoms with E-state index in [0.29, 0.717) is 23.7 Å². The minimum Gasteiger partial charge on any atom is -0.493 e. The van der Waals surface area contributed by atoms with Crippen molar-refractivity contribution in [3.05, 3.63) is 47.5 Å². The van der Waals surface area contributed by atoms with E-state index in [1.807, 2.05) is 0 Å². The van der Waals surface area contributed by atoms with Gasteiger partial charge in [0.1, 0.15) is 5.75 Å². The first-order chi connectivity index (χ1) is 14.2. The molecule has 2 aromatic carbocycles. The lowest BCUT2D eigenvalue weighted by molar-refractivity contribution is -0.275. The number of rotatable bonds is 9. The van der Waals surface area contributed by atoms with Gasteiger partial charge >= 0.3 is 6.36 Å². The summed E-state index contributed by atoms with van der Waals surface area (Å²) in [5.74, 6) is 0.852. The van der Waals surface area contributed by atoms with E-state index in [-0.39, 0.29) is 30.2 Å². The molecule has 30 heavy (non-hydrogen) atoms. The lowest BCUT2D eigenvalue weighted by Crippen LogP contribution is -2.27. The first kappa shape index (κ1) is 23.2. The standard InChI is InChI=1S/C21H24F3NO5/c1-25(13-15-7-5-6-8-16(15)30-21(22,23)24)19(26)10-9-14-11-17(27-2)20(29-4)18(12-14)28-3/h5-8,11-12H,9-10,13H2,1-4H3. The maximum absolute atomic E-state index is 12.6. The van der Waals surface area contributed by atoms with E-state index >= 15 is 0 Å². The summed E-state index contributed by atoms with van der Waals surface area (Å²) in [7, 11) is 6.03. The summed E-state index contributed by atoms with van der Waals surface area (Å²) in [4.78, 5) is 13.9. The zero-order valence-corrected chi connectivity index (χ0v) is 17.2. The summed E-state index contributed by atoms with van der Waals surface area (Å²) in [5, 5.41) is 0. The Hall–Kier alpha value is -3.10. The number of aryl methyl sites for hydroxylation is 1. The van der Waals surface area contributed by atoms with E-state index in [1.54, 1.807) is 18.2 Å². The molecule has 0 aliphatic rings. The first-order valence-electron chi connectivity index (χ1n) is 9.05. The molecule has 9 heteroatoms. The van der Waals surface area contributed by atoms with Crippen molar-refractivity contribution < 1.29 is 36.9 Å². The molecule has 164 valence electrons. The van der Waals surface area contributed by atoms with Crippen molar-refractivity contribution in [2.24, 2.45) is 0 Å². The normalized spacial score (nSPS) is 11.0. The third kappa shape index (κ3) is 6.20. The summed E-state index contributed by atoms with van der Waals surface area (Å²) >= 11 is 0. The molecule has 6 nitrogen and oxygen atoms in total. The molecule has 2 aromatic rings. The molecule has 0 unspecified atom stereocenters. The second kappa shape index (κ2) is 10.1. The smallest absolute Gasteiger partial charge is 0.493 e. The summed E-state index contributed by atoms with van der Waals surface area (Å²) in [6.45, 7) is -0.0136. The van der Waals surface area contributed by atoms with Gasteiger partial charge in [-0.2, -0.15) is 0 Å².